The van der Waals surface area contributed by atoms with Crippen LogP contribution in [-0.2, 0) is 0 Å². The second-order valence-electron chi connectivity index (χ2n) is 9.61. The highest BCUT2D eigenvalue weighted by Gasteiger charge is 2.20. The van der Waals surface area contributed by atoms with Gasteiger partial charge < -0.3 is 4.42 Å². The maximum atomic E-state index is 8.27. The lowest BCUT2D eigenvalue weighted by atomic mass is 9.85. The second-order valence-corrected chi connectivity index (χ2v) is 9.61. The Kier molecular flexibility index (Phi) is 4.08. The Labute approximate surface area is 215 Å². The molecule has 8 rings (SSSR count). The van der Waals surface area contributed by atoms with Gasteiger partial charge in [-0.3, -0.25) is 0 Å². The van der Waals surface area contributed by atoms with Crippen LogP contribution in [0.15, 0.2) is 138 Å². The van der Waals surface area contributed by atoms with E-state index in [1.165, 1.54) is 49.0 Å². The van der Waals surface area contributed by atoms with Crippen molar-refractivity contribution in [2.24, 2.45) is 0 Å². The van der Waals surface area contributed by atoms with Crippen molar-refractivity contribution in [1.82, 2.24) is 0 Å². The molecule has 8 aromatic rings. The molecule has 1 heteroatoms. The number of fused-ring (bicyclic) bond motifs is 6. The molecule has 0 spiro atoms. The minimum atomic E-state index is 0.515. The molecule has 0 unspecified atom stereocenters. The topological polar surface area (TPSA) is 13.1 Å². The molecule has 0 saturated heterocycles. The van der Waals surface area contributed by atoms with E-state index in [1.807, 2.05) is 18.2 Å². The summed E-state index contributed by atoms with van der Waals surface area (Å²) >= 11 is 0. The predicted molar refractivity (Wildman–Crippen MR) is 157 cm³/mol. The molecule has 0 bridgehead atoms. The summed E-state index contributed by atoms with van der Waals surface area (Å²) in [5.74, 6) is 0. The molecule has 0 aliphatic carbocycles. The van der Waals surface area contributed by atoms with Gasteiger partial charge in [0.15, 0.2) is 0 Å². The van der Waals surface area contributed by atoms with Crippen LogP contribution in [0.1, 0.15) is 1.37 Å². The second kappa shape index (κ2) is 7.81. The quantitative estimate of drug-likeness (QED) is 0.229. The summed E-state index contributed by atoms with van der Waals surface area (Å²) in [7, 11) is 0. The van der Waals surface area contributed by atoms with Crippen LogP contribution in [-0.4, -0.2) is 0 Å². The molecule has 0 aliphatic heterocycles. The number of rotatable bonds is 2. The number of hydrogen-bond donors (Lipinski definition) is 0. The molecule has 1 nitrogen and oxygen atoms in total. The lowest BCUT2D eigenvalue weighted by Crippen LogP contribution is -1.91. The molecule has 0 radical (unpaired) electrons. The molecule has 1 aromatic heterocycles. The molecule has 1 heterocycles. The molecule has 37 heavy (non-hydrogen) atoms. The van der Waals surface area contributed by atoms with E-state index in [2.05, 4.69) is 109 Å². The van der Waals surface area contributed by atoms with Crippen molar-refractivity contribution in [3.63, 3.8) is 0 Å². The first-order chi connectivity index (χ1) is 18.8. The first kappa shape index (κ1) is 19.3. The van der Waals surface area contributed by atoms with E-state index >= 15 is 0 Å². The molecule has 0 fully saturated rings. The highest BCUT2D eigenvalue weighted by atomic mass is 16.3. The van der Waals surface area contributed by atoms with Crippen molar-refractivity contribution in [3.8, 4) is 22.3 Å². The molecule has 172 valence electrons. The summed E-state index contributed by atoms with van der Waals surface area (Å²) in [6.45, 7) is 0. The van der Waals surface area contributed by atoms with Crippen LogP contribution in [0, 0.1) is 0 Å². The van der Waals surface area contributed by atoms with Crippen molar-refractivity contribution in [1.29, 1.82) is 0 Å². The van der Waals surface area contributed by atoms with Crippen LogP contribution in [0.3, 0.4) is 0 Å². The van der Waals surface area contributed by atoms with Crippen LogP contribution in [0.25, 0.3) is 76.5 Å². The zero-order valence-corrected chi connectivity index (χ0v) is 20.0. The lowest BCUT2D eigenvalue weighted by Gasteiger charge is -2.18. The third-order valence-electron chi connectivity index (χ3n) is 7.56. The Morgan fingerprint density at radius 2 is 1.08 bits per heavy atom. The van der Waals surface area contributed by atoms with Gasteiger partial charge >= 0.3 is 0 Å². The largest absolute Gasteiger partial charge is 0.456 e. The molecular weight excluding hydrogens is 448 g/mol. The fraction of sp³-hybridized carbons (Fsp3) is 0. The average Bonchev–Trinajstić information content (AvgIpc) is 3.32. The summed E-state index contributed by atoms with van der Waals surface area (Å²) in [4.78, 5) is 0. The smallest absolute Gasteiger partial charge is 0.136 e. The van der Waals surface area contributed by atoms with Gasteiger partial charge in [-0.25, -0.2) is 0 Å². The van der Waals surface area contributed by atoms with E-state index in [-0.39, 0.29) is 0 Å². The summed E-state index contributed by atoms with van der Waals surface area (Å²) in [5.41, 5.74) is 6.42. The number of benzene rings is 7. The summed E-state index contributed by atoms with van der Waals surface area (Å²) in [5, 5.41) is 9.41. The van der Waals surface area contributed by atoms with Crippen LogP contribution in [0.5, 0.6) is 0 Å². The molecule has 0 aliphatic rings. The maximum Gasteiger partial charge on any atom is 0.136 e. The van der Waals surface area contributed by atoms with Crippen molar-refractivity contribution >= 4 is 54.3 Å². The van der Waals surface area contributed by atoms with E-state index in [0.717, 1.165) is 27.5 Å². The van der Waals surface area contributed by atoms with Gasteiger partial charge in [0.2, 0.25) is 0 Å². The molecule has 0 amide bonds. The normalized spacial score (nSPS) is 12.2. The van der Waals surface area contributed by atoms with E-state index in [0.29, 0.717) is 6.04 Å². The third-order valence-corrected chi connectivity index (χ3v) is 7.56. The van der Waals surface area contributed by atoms with Gasteiger partial charge in [-0.1, -0.05) is 115 Å². The highest BCUT2D eigenvalue weighted by molar-refractivity contribution is 6.26. The Hall–Kier alpha value is -4.88. The summed E-state index contributed by atoms with van der Waals surface area (Å²) in [6.07, 6.45) is 0. The monoisotopic (exact) mass is 471 g/mol. The Morgan fingerprint density at radius 3 is 1.78 bits per heavy atom. The summed E-state index contributed by atoms with van der Waals surface area (Å²) in [6, 6.07) is 45.0. The summed E-state index contributed by atoms with van der Waals surface area (Å²) < 4.78 is 14.7. The van der Waals surface area contributed by atoms with Gasteiger partial charge in [0, 0.05) is 10.8 Å². The first-order valence-electron chi connectivity index (χ1n) is 13.1. The van der Waals surface area contributed by atoms with Crippen molar-refractivity contribution in [3.05, 3.63) is 133 Å². The van der Waals surface area contributed by atoms with Gasteiger partial charge in [-0.05, 0) is 72.8 Å². The minimum Gasteiger partial charge on any atom is -0.456 e. The van der Waals surface area contributed by atoms with E-state index < -0.39 is 0 Å². The SMILES string of the molecule is [2H]c1cccc(-c2c3ccccc3c(-c3cccc4oc5cc6ccccc6cc5c34)c3ccccc23)c1. The predicted octanol–water partition coefficient (Wildman–Crippen LogP) is 10.4. The standard InChI is InChI=1S/C36H22O/c1-2-11-23(12-3-1)34-26-15-6-8-17-28(26)35(29-18-9-7-16-27(29)34)30-19-10-20-32-36(30)31-21-24-13-4-5-14-25(24)22-33(31)37-32/h1-22H/i2D. The van der Waals surface area contributed by atoms with Gasteiger partial charge in [-0.15, -0.1) is 0 Å². The van der Waals surface area contributed by atoms with Gasteiger partial charge in [0.25, 0.3) is 0 Å². The zero-order chi connectivity index (χ0) is 25.2. The Bertz CT molecular complexity index is 2150. The molecule has 7 aromatic carbocycles. The number of hydrogen-bond acceptors (Lipinski definition) is 1. The van der Waals surface area contributed by atoms with Crippen LogP contribution in [0.2, 0.25) is 0 Å². The fourth-order valence-electron chi connectivity index (χ4n) is 6.00. The van der Waals surface area contributed by atoms with E-state index in [9.17, 15) is 0 Å². The van der Waals surface area contributed by atoms with Crippen molar-refractivity contribution in [2.45, 2.75) is 0 Å². The Morgan fingerprint density at radius 1 is 0.459 bits per heavy atom. The van der Waals surface area contributed by atoms with Crippen LogP contribution in [0.4, 0.5) is 0 Å². The highest BCUT2D eigenvalue weighted by Crippen LogP contribution is 2.47. The van der Waals surface area contributed by atoms with Crippen LogP contribution >= 0.6 is 0 Å². The molecule has 0 saturated carbocycles. The van der Waals surface area contributed by atoms with E-state index in [1.54, 1.807) is 0 Å². The lowest BCUT2D eigenvalue weighted by molar-refractivity contribution is 0.669. The van der Waals surface area contributed by atoms with E-state index in [4.69, 9.17) is 5.79 Å². The molecule has 0 N–H and O–H groups in total. The fourth-order valence-corrected chi connectivity index (χ4v) is 6.00. The van der Waals surface area contributed by atoms with Crippen molar-refractivity contribution in [2.75, 3.05) is 0 Å². The third kappa shape index (κ3) is 2.98. The average molecular weight is 472 g/mol. The molecular formula is C36H22O. The van der Waals surface area contributed by atoms with Gasteiger partial charge in [-0.2, -0.15) is 0 Å². The zero-order valence-electron chi connectivity index (χ0n) is 21.0. The van der Waals surface area contributed by atoms with Crippen LogP contribution < -0.4 is 0 Å². The Balaban J connectivity index is 1.56. The van der Waals surface area contributed by atoms with Gasteiger partial charge in [0.05, 0.1) is 1.37 Å². The first-order valence-corrected chi connectivity index (χ1v) is 12.6. The molecule has 0 atom stereocenters. The maximum absolute atomic E-state index is 8.27. The minimum absolute atomic E-state index is 0.515. The van der Waals surface area contributed by atoms with Gasteiger partial charge in [0.1, 0.15) is 11.2 Å². The number of furan rings is 1. The van der Waals surface area contributed by atoms with Crippen molar-refractivity contribution < 1.29 is 5.79 Å².